The number of likely N-dealkylation sites (tertiary alicyclic amines) is 1. The van der Waals surface area contributed by atoms with E-state index in [1.807, 2.05) is 30.0 Å². The topological polar surface area (TPSA) is 69.7 Å². The van der Waals surface area contributed by atoms with Crippen molar-refractivity contribution in [3.63, 3.8) is 0 Å². The van der Waals surface area contributed by atoms with Gasteiger partial charge in [-0.25, -0.2) is 8.42 Å². The van der Waals surface area contributed by atoms with Gasteiger partial charge in [-0.2, -0.15) is 0 Å². The normalized spacial score (nSPS) is 17.8. The fourth-order valence-electron chi connectivity index (χ4n) is 4.35. The summed E-state index contributed by atoms with van der Waals surface area (Å²) in [5.74, 6) is 0.147. The SMILES string of the molecule is Cc1ccc(NS(=O)(=O)c2ccc3c(c2)C(C)(C)CN3CC(=O)N2CCCC2)cc1. The number of nitrogens with one attached hydrogen (secondary N) is 1. The lowest BCUT2D eigenvalue weighted by Crippen LogP contribution is -2.40. The van der Waals surface area contributed by atoms with Crippen LogP contribution in [0.15, 0.2) is 47.4 Å². The zero-order chi connectivity index (χ0) is 21.5. The molecular formula is C23H29N3O3S. The number of sulfonamides is 1. The predicted octanol–water partition coefficient (Wildman–Crippen LogP) is 3.52. The molecule has 0 spiro atoms. The van der Waals surface area contributed by atoms with Gasteiger partial charge < -0.3 is 9.80 Å². The summed E-state index contributed by atoms with van der Waals surface area (Å²) in [6.07, 6.45) is 2.14. The number of hydrogen-bond donors (Lipinski definition) is 1. The average Bonchev–Trinajstić information content (AvgIpc) is 3.31. The third-order valence-corrected chi connectivity index (χ3v) is 7.40. The Balaban J connectivity index is 1.58. The van der Waals surface area contributed by atoms with Crippen LogP contribution in [0.2, 0.25) is 0 Å². The average molecular weight is 428 g/mol. The van der Waals surface area contributed by atoms with E-state index < -0.39 is 10.0 Å². The molecule has 0 saturated carbocycles. The molecular weight excluding hydrogens is 398 g/mol. The van der Waals surface area contributed by atoms with Crippen molar-refractivity contribution < 1.29 is 13.2 Å². The zero-order valence-corrected chi connectivity index (χ0v) is 18.6. The molecule has 1 saturated heterocycles. The van der Waals surface area contributed by atoms with Crippen LogP contribution in [-0.4, -0.2) is 45.4 Å². The maximum atomic E-state index is 12.9. The van der Waals surface area contributed by atoms with Crippen molar-refractivity contribution in [1.82, 2.24) is 4.90 Å². The molecule has 4 rings (SSSR count). The minimum absolute atomic E-state index is 0.147. The fourth-order valence-corrected chi connectivity index (χ4v) is 5.44. The third-order valence-electron chi connectivity index (χ3n) is 6.02. The largest absolute Gasteiger partial charge is 0.361 e. The maximum Gasteiger partial charge on any atom is 0.261 e. The number of hydrogen-bond acceptors (Lipinski definition) is 4. The maximum absolute atomic E-state index is 12.9. The number of fused-ring (bicyclic) bond motifs is 1. The van der Waals surface area contributed by atoms with Crippen LogP contribution in [0.1, 0.15) is 37.8 Å². The molecule has 2 heterocycles. The van der Waals surface area contributed by atoms with E-state index >= 15 is 0 Å². The summed E-state index contributed by atoms with van der Waals surface area (Å²) in [7, 11) is -3.70. The van der Waals surface area contributed by atoms with Crippen LogP contribution in [0, 0.1) is 6.92 Å². The smallest absolute Gasteiger partial charge is 0.261 e. The molecule has 0 aliphatic carbocycles. The highest BCUT2D eigenvalue weighted by molar-refractivity contribution is 7.92. The van der Waals surface area contributed by atoms with Gasteiger partial charge in [-0.3, -0.25) is 9.52 Å². The standard InChI is InChI=1S/C23H29N3O3S/c1-17-6-8-18(9-7-17)24-30(28,29)19-10-11-21-20(14-19)23(2,3)16-26(21)15-22(27)25-12-4-5-13-25/h6-11,14,24H,4-5,12-13,15-16H2,1-3H3. The van der Waals surface area contributed by atoms with E-state index in [2.05, 4.69) is 23.5 Å². The van der Waals surface area contributed by atoms with Crippen molar-refractivity contribution in [1.29, 1.82) is 0 Å². The third kappa shape index (κ3) is 4.03. The van der Waals surface area contributed by atoms with Gasteiger partial charge in [0.25, 0.3) is 10.0 Å². The molecule has 0 radical (unpaired) electrons. The molecule has 6 nitrogen and oxygen atoms in total. The van der Waals surface area contributed by atoms with Gasteiger partial charge in [0.15, 0.2) is 0 Å². The number of rotatable bonds is 5. The lowest BCUT2D eigenvalue weighted by atomic mass is 9.87. The van der Waals surface area contributed by atoms with Crippen LogP contribution in [0.25, 0.3) is 0 Å². The molecule has 7 heteroatoms. The molecule has 160 valence electrons. The van der Waals surface area contributed by atoms with E-state index in [0.29, 0.717) is 18.8 Å². The molecule has 30 heavy (non-hydrogen) atoms. The first kappa shape index (κ1) is 20.7. The number of amides is 1. The first-order valence-corrected chi connectivity index (χ1v) is 11.9. The summed E-state index contributed by atoms with van der Waals surface area (Å²) in [4.78, 5) is 16.9. The fraction of sp³-hybridized carbons (Fsp3) is 0.435. The molecule has 0 unspecified atom stereocenters. The van der Waals surface area contributed by atoms with E-state index in [-0.39, 0.29) is 16.2 Å². The van der Waals surface area contributed by atoms with Crippen molar-refractivity contribution in [2.24, 2.45) is 0 Å². The van der Waals surface area contributed by atoms with Crippen molar-refractivity contribution in [2.75, 3.05) is 35.8 Å². The van der Waals surface area contributed by atoms with Crippen molar-refractivity contribution in [3.8, 4) is 0 Å². The molecule has 1 fully saturated rings. The van der Waals surface area contributed by atoms with E-state index in [0.717, 1.165) is 42.7 Å². The van der Waals surface area contributed by atoms with E-state index in [4.69, 9.17) is 0 Å². The lowest BCUT2D eigenvalue weighted by molar-refractivity contribution is -0.128. The molecule has 1 amide bonds. The Morgan fingerprint density at radius 2 is 1.73 bits per heavy atom. The molecule has 2 aromatic carbocycles. The molecule has 2 aliphatic heterocycles. The first-order valence-electron chi connectivity index (χ1n) is 10.4. The minimum atomic E-state index is -3.70. The monoisotopic (exact) mass is 427 g/mol. The van der Waals surface area contributed by atoms with E-state index in [1.165, 1.54) is 0 Å². The first-order chi connectivity index (χ1) is 14.2. The van der Waals surface area contributed by atoms with Crippen LogP contribution in [0.3, 0.4) is 0 Å². The van der Waals surface area contributed by atoms with Crippen LogP contribution in [0.5, 0.6) is 0 Å². The second kappa shape index (κ2) is 7.61. The van der Waals surface area contributed by atoms with Gasteiger partial charge >= 0.3 is 0 Å². The Morgan fingerprint density at radius 3 is 2.40 bits per heavy atom. The Hall–Kier alpha value is -2.54. The summed E-state index contributed by atoms with van der Waals surface area (Å²) < 4.78 is 28.5. The number of nitrogens with zero attached hydrogens (tertiary/aromatic N) is 2. The number of benzene rings is 2. The van der Waals surface area contributed by atoms with Crippen molar-refractivity contribution in [3.05, 3.63) is 53.6 Å². The highest BCUT2D eigenvalue weighted by Crippen LogP contribution is 2.41. The van der Waals surface area contributed by atoms with Crippen LogP contribution in [-0.2, 0) is 20.2 Å². The number of carbonyl (C=O) groups is 1. The van der Waals surface area contributed by atoms with Crippen LogP contribution in [0.4, 0.5) is 11.4 Å². The Morgan fingerprint density at radius 1 is 1.07 bits per heavy atom. The van der Waals surface area contributed by atoms with Crippen molar-refractivity contribution in [2.45, 2.75) is 43.9 Å². The molecule has 0 aromatic heterocycles. The number of aryl methyl sites for hydroxylation is 1. The Bertz CT molecular complexity index is 1060. The molecule has 2 aliphatic rings. The Labute approximate surface area is 178 Å². The minimum Gasteiger partial charge on any atom is -0.361 e. The van der Waals surface area contributed by atoms with Gasteiger partial charge in [0, 0.05) is 36.4 Å². The van der Waals surface area contributed by atoms with Crippen molar-refractivity contribution >= 4 is 27.3 Å². The van der Waals surface area contributed by atoms with Crippen LogP contribution < -0.4 is 9.62 Å². The summed E-state index contributed by atoms with van der Waals surface area (Å²) in [6, 6.07) is 12.5. The van der Waals surface area contributed by atoms with E-state index in [1.54, 1.807) is 24.3 Å². The summed E-state index contributed by atoms with van der Waals surface area (Å²) in [5.41, 5.74) is 3.28. The van der Waals surface area contributed by atoms with E-state index in [9.17, 15) is 13.2 Å². The summed E-state index contributed by atoms with van der Waals surface area (Å²) in [5, 5.41) is 0. The Kier molecular flexibility index (Phi) is 5.26. The highest BCUT2D eigenvalue weighted by Gasteiger charge is 2.37. The van der Waals surface area contributed by atoms with Gasteiger partial charge in [-0.15, -0.1) is 0 Å². The van der Waals surface area contributed by atoms with Gasteiger partial charge in [0.2, 0.25) is 5.91 Å². The molecule has 2 aromatic rings. The summed E-state index contributed by atoms with van der Waals surface area (Å²) in [6.45, 7) is 8.85. The molecule has 0 atom stereocenters. The highest BCUT2D eigenvalue weighted by atomic mass is 32.2. The van der Waals surface area contributed by atoms with Gasteiger partial charge in [0.05, 0.1) is 11.4 Å². The second-order valence-electron chi connectivity index (χ2n) is 8.98. The number of anilines is 2. The van der Waals surface area contributed by atoms with Gasteiger partial charge in [-0.1, -0.05) is 31.5 Å². The molecule has 0 bridgehead atoms. The molecule has 1 N–H and O–H groups in total. The second-order valence-corrected chi connectivity index (χ2v) is 10.7. The van der Waals surface area contributed by atoms with Gasteiger partial charge in [0.1, 0.15) is 0 Å². The zero-order valence-electron chi connectivity index (χ0n) is 17.8. The van der Waals surface area contributed by atoms with Gasteiger partial charge in [-0.05, 0) is 55.7 Å². The summed E-state index contributed by atoms with van der Waals surface area (Å²) >= 11 is 0. The van der Waals surface area contributed by atoms with Crippen LogP contribution >= 0.6 is 0 Å². The number of carbonyl (C=O) groups excluding carboxylic acids is 1. The quantitative estimate of drug-likeness (QED) is 0.793. The lowest BCUT2D eigenvalue weighted by Gasteiger charge is -2.24. The predicted molar refractivity (Wildman–Crippen MR) is 119 cm³/mol.